The van der Waals surface area contributed by atoms with Crippen LogP contribution in [0.1, 0.15) is 163 Å². The van der Waals surface area contributed by atoms with Crippen LogP contribution in [0.5, 0.6) is 5.75 Å². The number of anilines is 4. The lowest BCUT2D eigenvalue weighted by Gasteiger charge is -2.22. The number of ether oxygens (including phenoxy) is 1. The number of ketones is 2. The van der Waals surface area contributed by atoms with Gasteiger partial charge in [0.15, 0.2) is 11.6 Å². The SMILES string of the molecule is CC(C)(C)N.CC(C)CC(C)(O)C#CC(C)(O)CC(C)C.CCCCNCCCC.COc1cc(-c2ccc(N)c(CO)c2)ccc1N.Nc1ccc(N=Nc2ccccc2)cc1.Nc1cccc2c1C(=O)c1ccccc1C2=O.[C-]#[N+]CCO.c1ccc(Cc2cccc3ccccc23)cc1. The Morgan fingerprint density at radius 2 is 1.02 bits per heavy atom. The quantitative estimate of drug-likeness (QED) is 0.0126. The second-order valence-corrected chi connectivity index (χ2v) is 26.9. The number of nitrogen functional groups attached to an aromatic ring is 4. The normalized spacial score (nSPS) is 12.1. The van der Waals surface area contributed by atoms with E-state index in [0.29, 0.717) is 75.3 Å². The molecular weight excluding hydrogens is 1270 g/mol. The van der Waals surface area contributed by atoms with E-state index in [1.165, 1.54) is 60.7 Å². The number of nitrogens with two attached hydrogens (primary N) is 5. The van der Waals surface area contributed by atoms with Gasteiger partial charge in [-0.25, -0.2) is 6.57 Å². The molecule has 0 radical (unpaired) electrons. The Balaban J connectivity index is 0.000000312. The Bertz CT molecular complexity index is 3980. The molecule has 0 aromatic heterocycles. The number of aliphatic hydroxyl groups excluding tert-OH is 2. The third-order valence-corrected chi connectivity index (χ3v) is 14.8. The van der Waals surface area contributed by atoms with Crippen molar-refractivity contribution in [3.8, 4) is 28.7 Å². The van der Waals surface area contributed by atoms with Crippen molar-refractivity contribution in [2.75, 3.05) is 56.3 Å². The number of unbranched alkanes of at least 4 members (excludes halogenated alkanes) is 2. The predicted molar refractivity (Wildman–Crippen MR) is 425 cm³/mol. The number of fused-ring (bicyclic) bond motifs is 3. The van der Waals surface area contributed by atoms with Gasteiger partial charge in [-0.2, -0.15) is 10.2 Å². The number of carbonyl (C=O) groups is 2. The molecule has 0 heterocycles. The molecule has 1 aliphatic carbocycles. The number of methoxy groups -OCH3 is 1. The van der Waals surface area contributed by atoms with Gasteiger partial charge in [0.25, 0.3) is 0 Å². The maximum atomic E-state index is 12.2. The zero-order valence-electron chi connectivity index (χ0n) is 62.0. The van der Waals surface area contributed by atoms with Crippen LogP contribution in [0.4, 0.5) is 34.1 Å². The summed E-state index contributed by atoms with van der Waals surface area (Å²) in [6.07, 6.45) is 7.50. The highest BCUT2D eigenvalue weighted by atomic mass is 16.5. The maximum Gasteiger partial charge on any atom is 0.237 e. The number of nitrogens with one attached hydrogen (secondary N) is 1. The van der Waals surface area contributed by atoms with E-state index in [2.05, 4.69) is 119 Å². The van der Waals surface area contributed by atoms with Gasteiger partial charge in [-0.1, -0.05) is 206 Å². The first-order chi connectivity index (χ1) is 48.5. The number of hydrogen-bond donors (Lipinski definition) is 10. The molecule has 16 nitrogen and oxygen atoms in total. The molecule has 102 heavy (non-hydrogen) atoms. The van der Waals surface area contributed by atoms with E-state index in [1.54, 1.807) is 87.7 Å². The van der Waals surface area contributed by atoms with Gasteiger partial charge in [-0.15, -0.1) is 0 Å². The van der Waals surface area contributed by atoms with Crippen molar-refractivity contribution in [1.29, 1.82) is 0 Å². The van der Waals surface area contributed by atoms with Crippen LogP contribution < -0.4 is 38.7 Å². The predicted octanol–water partition coefficient (Wildman–Crippen LogP) is 17.6. The number of aliphatic hydroxyl groups is 4. The lowest BCUT2D eigenvalue weighted by molar-refractivity contribution is 0.0859. The molecule has 2 unspecified atom stereocenters. The molecular formula is C86H111N9O7. The van der Waals surface area contributed by atoms with Crippen LogP contribution in [0.3, 0.4) is 0 Å². The standard InChI is InChI=1S/C17H14.C14H16N2O2.C14H9NO2.C14H26O2.C12H11N3.C8H19N.C4H11N.C3H5NO/c1-2-7-14(8-3-1)13-16-11-6-10-15-9-4-5-12-17(15)16;1-18-14-7-10(3-5-13(14)16)9-2-4-12(15)11(6-9)8-17;15-11-7-3-6-10-12(11)14(17)9-5-2-1-4-8(9)13(10)16;1-11(2)9-13(5,15)7-8-14(6,16)10-12(3)4;13-10-6-8-12(9-7-10)15-14-11-4-2-1-3-5-11;1-3-5-7-9-8-6-4-2;1-4(2,3)5;1-4-2-3-5/h1-12H,13H2;2-7,17H,8,15-16H2,1H3;1-7H,15H2;11-12,15-16H,9-10H2,1-6H3;1-9H,13H2;9H,3-8H2,1-2H3;5H2,1-3H3;5H,2-3H2. The number of carbonyl (C=O) groups excluding carboxylic acids is 2. The maximum absolute atomic E-state index is 12.2. The minimum Gasteiger partial charge on any atom is -0.495 e. The number of hydrogen-bond acceptors (Lipinski definition) is 15. The minimum atomic E-state index is -1.00. The largest absolute Gasteiger partial charge is 0.495 e. The van der Waals surface area contributed by atoms with Gasteiger partial charge < -0.3 is 64.0 Å². The summed E-state index contributed by atoms with van der Waals surface area (Å²) in [6.45, 7) is 30.5. The first-order valence-corrected chi connectivity index (χ1v) is 34.8. The topological polar surface area (TPSA) is 296 Å². The van der Waals surface area contributed by atoms with Gasteiger partial charge >= 0.3 is 0 Å². The molecule has 9 aromatic rings. The van der Waals surface area contributed by atoms with E-state index < -0.39 is 11.2 Å². The Morgan fingerprint density at radius 3 is 1.53 bits per heavy atom. The summed E-state index contributed by atoms with van der Waals surface area (Å²) in [5.41, 5.74) is 37.1. The molecule has 9 aromatic carbocycles. The second-order valence-electron chi connectivity index (χ2n) is 26.9. The Labute approximate surface area is 607 Å². The fourth-order valence-electron chi connectivity index (χ4n) is 10.1. The first kappa shape index (κ1) is 86.2. The van der Waals surface area contributed by atoms with Crippen LogP contribution in [-0.4, -0.2) is 82.1 Å². The van der Waals surface area contributed by atoms with Gasteiger partial charge in [0.2, 0.25) is 6.54 Å². The number of nitrogens with zero attached hydrogens (tertiary/aromatic N) is 3. The van der Waals surface area contributed by atoms with Crippen LogP contribution >= 0.6 is 0 Å². The van der Waals surface area contributed by atoms with Crippen LogP contribution in [0.25, 0.3) is 26.7 Å². The number of rotatable bonds is 18. The molecule has 15 N–H and O–H groups in total. The van der Waals surface area contributed by atoms with Gasteiger partial charge in [-0.3, -0.25) is 9.59 Å². The zero-order valence-corrected chi connectivity index (χ0v) is 62.0. The molecule has 0 spiro atoms. The molecule has 0 bridgehead atoms. The van der Waals surface area contributed by atoms with Crippen molar-refractivity contribution in [3.63, 3.8) is 0 Å². The third kappa shape index (κ3) is 33.4. The van der Waals surface area contributed by atoms with E-state index in [-0.39, 0.29) is 36.9 Å². The molecule has 10 rings (SSSR count). The summed E-state index contributed by atoms with van der Waals surface area (Å²) in [5.74, 6) is 6.68. The summed E-state index contributed by atoms with van der Waals surface area (Å²) < 4.78 is 5.19. The molecule has 0 saturated carbocycles. The van der Waals surface area contributed by atoms with Crippen molar-refractivity contribution in [2.45, 2.75) is 144 Å². The summed E-state index contributed by atoms with van der Waals surface area (Å²) in [4.78, 5) is 27.3. The summed E-state index contributed by atoms with van der Waals surface area (Å²) in [6, 6.07) is 65.5. The molecule has 0 fully saturated rings. The van der Waals surface area contributed by atoms with Gasteiger partial charge in [0, 0.05) is 44.9 Å². The lowest BCUT2D eigenvalue weighted by Crippen LogP contribution is -2.28. The zero-order chi connectivity index (χ0) is 75.7. The molecule has 0 aliphatic heterocycles. The van der Waals surface area contributed by atoms with Crippen molar-refractivity contribution in [1.82, 2.24) is 5.32 Å². The van der Waals surface area contributed by atoms with Gasteiger partial charge in [-0.05, 0) is 191 Å². The van der Waals surface area contributed by atoms with Crippen LogP contribution in [0.15, 0.2) is 216 Å². The fraction of sp³-hybridized carbons (Fsp3) is 0.337. The van der Waals surface area contributed by atoms with Crippen molar-refractivity contribution >= 4 is 56.5 Å². The van der Waals surface area contributed by atoms with Crippen molar-refractivity contribution < 1.29 is 34.8 Å². The summed E-state index contributed by atoms with van der Waals surface area (Å²) in [5, 5.41) is 51.3. The van der Waals surface area contributed by atoms with Crippen LogP contribution in [-0.2, 0) is 13.0 Å². The molecule has 1 aliphatic rings. The second kappa shape index (κ2) is 45.7. The average molecular weight is 1380 g/mol. The first-order valence-electron chi connectivity index (χ1n) is 34.8. The smallest absolute Gasteiger partial charge is 0.237 e. The van der Waals surface area contributed by atoms with Gasteiger partial charge in [0.1, 0.15) is 23.6 Å². The highest BCUT2D eigenvalue weighted by molar-refractivity contribution is 6.30. The molecule has 16 heteroatoms. The highest BCUT2D eigenvalue weighted by Gasteiger charge is 2.30. The van der Waals surface area contributed by atoms with Crippen molar-refractivity contribution in [2.24, 2.45) is 27.8 Å². The van der Waals surface area contributed by atoms with Crippen LogP contribution in [0, 0.1) is 30.2 Å². The minimum absolute atomic E-state index is 0. The number of azo groups is 1. The Morgan fingerprint density at radius 1 is 0.549 bits per heavy atom. The lowest BCUT2D eigenvalue weighted by atomic mass is 9.83. The average Bonchev–Trinajstić information content (AvgIpc) is 0.759. The van der Waals surface area contributed by atoms with E-state index in [1.807, 2.05) is 115 Å². The summed E-state index contributed by atoms with van der Waals surface area (Å²) in [7, 11) is 1.58. The molecule has 542 valence electrons. The third-order valence-electron chi connectivity index (χ3n) is 14.8. The Hall–Kier alpha value is -10.0. The van der Waals surface area contributed by atoms with E-state index in [0.717, 1.165) is 34.6 Å². The molecule has 0 amide bonds. The van der Waals surface area contributed by atoms with E-state index >= 15 is 0 Å². The van der Waals surface area contributed by atoms with Crippen LogP contribution in [0.2, 0.25) is 0 Å². The van der Waals surface area contributed by atoms with E-state index in [4.69, 9.17) is 45.1 Å². The monoisotopic (exact) mass is 1380 g/mol. The fourth-order valence-corrected chi connectivity index (χ4v) is 10.1. The van der Waals surface area contributed by atoms with E-state index in [9.17, 15) is 24.9 Å². The molecule has 2 atom stereocenters. The van der Waals surface area contributed by atoms with Gasteiger partial charge in [0.05, 0.1) is 36.3 Å². The number of benzene rings is 9. The molecule has 0 saturated heterocycles. The highest BCUT2D eigenvalue weighted by Crippen LogP contribution is 2.32. The summed E-state index contributed by atoms with van der Waals surface area (Å²) >= 11 is 0. The Kier molecular flexibility index (Phi) is 38.6. The van der Waals surface area contributed by atoms with Crippen molar-refractivity contribution in [3.05, 3.63) is 257 Å².